The Hall–Kier alpha value is -2.98. The smallest absolute Gasteiger partial charge is 0.365 e. The summed E-state index contributed by atoms with van der Waals surface area (Å²) < 4.78 is 41.3. The molecule has 31 heavy (non-hydrogen) atoms. The van der Waals surface area contributed by atoms with Crippen molar-refractivity contribution in [3.63, 3.8) is 0 Å². The van der Waals surface area contributed by atoms with Crippen molar-refractivity contribution in [3.05, 3.63) is 40.2 Å². The van der Waals surface area contributed by atoms with Crippen LogP contribution in [0.1, 0.15) is 64.0 Å². The minimum atomic E-state index is -4.53. The molecule has 1 atom stereocenters. The molecule has 1 aliphatic heterocycles. The van der Waals surface area contributed by atoms with Crippen LogP contribution in [-0.2, 0) is 30.4 Å². The molecule has 0 radical (unpaired) electrons. The Bertz CT molecular complexity index is 1030. The maximum absolute atomic E-state index is 13.4. The molecule has 2 aliphatic rings. The third kappa shape index (κ3) is 4.13. The van der Waals surface area contributed by atoms with Gasteiger partial charge in [-0.05, 0) is 39.0 Å². The highest BCUT2D eigenvalue weighted by atomic mass is 19.4. The molecule has 0 saturated carbocycles. The lowest BCUT2D eigenvalue weighted by Gasteiger charge is -2.18. The molecule has 2 aromatic heterocycles. The van der Waals surface area contributed by atoms with Crippen LogP contribution in [-0.4, -0.2) is 49.6 Å². The molecule has 1 aliphatic carbocycles. The first-order valence-corrected chi connectivity index (χ1v) is 10.2. The number of aryl methyl sites for hydroxylation is 1. The van der Waals surface area contributed by atoms with Gasteiger partial charge in [-0.2, -0.15) is 18.3 Å². The standard InChI is InChI=1S/C20H23F3N6O2/c1-11-14(18(24)31)8-25-19(26-11)12-6-7-28(9-12)16(30)10-29-15-5-3-2-4-13(15)17(27-29)20(21,22)23/h8,12H,2-7,9-10H2,1H3,(H2,24,31)/t12-/m1/s1. The van der Waals surface area contributed by atoms with E-state index in [-0.39, 0.29) is 29.5 Å². The monoisotopic (exact) mass is 436 g/mol. The number of carbonyl (C=O) groups is 2. The predicted octanol–water partition coefficient (Wildman–Crippen LogP) is 1.99. The Labute approximate surface area is 176 Å². The molecule has 0 aromatic carbocycles. The van der Waals surface area contributed by atoms with Gasteiger partial charge < -0.3 is 10.6 Å². The van der Waals surface area contributed by atoms with Gasteiger partial charge in [0.25, 0.3) is 5.91 Å². The Kier molecular flexibility index (Phi) is 5.44. The number of hydrogen-bond donors (Lipinski definition) is 1. The highest BCUT2D eigenvalue weighted by molar-refractivity contribution is 5.93. The maximum Gasteiger partial charge on any atom is 0.435 e. The van der Waals surface area contributed by atoms with Gasteiger partial charge in [-0.1, -0.05) is 0 Å². The third-order valence-electron chi connectivity index (χ3n) is 5.98. The van der Waals surface area contributed by atoms with Crippen molar-refractivity contribution in [2.75, 3.05) is 13.1 Å². The molecular formula is C20H23F3N6O2. The zero-order valence-electron chi connectivity index (χ0n) is 17.1. The first kappa shape index (κ1) is 21.3. The zero-order chi connectivity index (χ0) is 22.3. The number of fused-ring (bicyclic) bond motifs is 1. The number of hydrogen-bond acceptors (Lipinski definition) is 5. The quantitative estimate of drug-likeness (QED) is 0.789. The van der Waals surface area contributed by atoms with Crippen LogP contribution in [0.3, 0.4) is 0 Å². The number of amides is 2. The van der Waals surface area contributed by atoms with Gasteiger partial charge in [0, 0.05) is 36.5 Å². The van der Waals surface area contributed by atoms with E-state index >= 15 is 0 Å². The number of halogens is 3. The minimum absolute atomic E-state index is 0.109. The Morgan fingerprint density at radius 1 is 1.26 bits per heavy atom. The largest absolute Gasteiger partial charge is 0.435 e. The van der Waals surface area contributed by atoms with Crippen LogP contribution in [0.2, 0.25) is 0 Å². The molecule has 1 saturated heterocycles. The van der Waals surface area contributed by atoms with Gasteiger partial charge in [0.05, 0.1) is 11.3 Å². The molecule has 0 unspecified atom stereocenters. The number of nitrogens with zero attached hydrogens (tertiary/aromatic N) is 5. The summed E-state index contributed by atoms with van der Waals surface area (Å²) in [5.41, 5.74) is 5.88. The molecule has 3 heterocycles. The van der Waals surface area contributed by atoms with Crippen LogP contribution in [0, 0.1) is 6.92 Å². The molecule has 2 aromatic rings. The average molecular weight is 436 g/mol. The van der Waals surface area contributed by atoms with E-state index in [1.807, 2.05) is 0 Å². The van der Waals surface area contributed by atoms with Crippen molar-refractivity contribution in [2.45, 2.75) is 57.7 Å². The highest BCUT2D eigenvalue weighted by Crippen LogP contribution is 2.36. The second kappa shape index (κ2) is 7.93. The Morgan fingerprint density at radius 2 is 2.00 bits per heavy atom. The lowest BCUT2D eigenvalue weighted by atomic mass is 9.95. The molecule has 4 rings (SSSR count). The molecule has 166 valence electrons. The lowest BCUT2D eigenvalue weighted by molar-refractivity contribution is -0.142. The molecule has 0 bridgehead atoms. The van der Waals surface area contributed by atoms with Crippen molar-refractivity contribution >= 4 is 11.8 Å². The summed E-state index contributed by atoms with van der Waals surface area (Å²) in [4.78, 5) is 34.3. The van der Waals surface area contributed by atoms with E-state index in [9.17, 15) is 22.8 Å². The molecule has 1 fully saturated rings. The van der Waals surface area contributed by atoms with E-state index in [0.717, 1.165) is 6.42 Å². The highest BCUT2D eigenvalue weighted by Gasteiger charge is 2.40. The topological polar surface area (TPSA) is 107 Å². The summed E-state index contributed by atoms with van der Waals surface area (Å²) in [6.45, 7) is 2.27. The summed E-state index contributed by atoms with van der Waals surface area (Å²) in [7, 11) is 0. The third-order valence-corrected chi connectivity index (χ3v) is 5.98. The average Bonchev–Trinajstić information content (AvgIpc) is 3.33. The van der Waals surface area contributed by atoms with E-state index in [0.29, 0.717) is 56.0 Å². The fourth-order valence-corrected chi connectivity index (χ4v) is 4.38. The Balaban J connectivity index is 1.48. The van der Waals surface area contributed by atoms with Crippen molar-refractivity contribution in [3.8, 4) is 0 Å². The Morgan fingerprint density at radius 3 is 2.68 bits per heavy atom. The summed E-state index contributed by atoms with van der Waals surface area (Å²) >= 11 is 0. The van der Waals surface area contributed by atoms with E-state index in [4.69, 9.17) is 5.73 Å². The van der Waals surface area contributed by atoms with E-state index in [1.165, 1.54) is 10.9 Å². The zero-order valence-corrected chi connectivity index (χ0v) is 17.1. The second-order valence-corrected chi connectivity index (χ2v) is 8.05. The van der Waals surface area contributed by atoms with Gasteiger partial charge in [-0.3, -0.25) is 14.3 Å². The molecule has 0 spiro atoms. The molecule has 2 amide bonds. The van der Waals surface area contributed by atoms with Crippen molar-refractivity contribution < 1.29 is 22.8 Å². The van der Waals surface area contributed by atoms with Gasteiger partial charge >= 0.3 is 6.18 Å². The van der Waals surface area contributed by atoms with Crippen LogP contribution in [0.25, 0.3) is 0 Å². The van der Waals surface area contributed by atoms with Gasteiger partial charge in [-0.25, -0.2) is 9.97 Å². The predicted molar refractivity (Wildman–Crippen MR) is 103 cm³/mol. The molecule has 8 nitrogen and oxygen atoms in total. The van der Waals surface area contributed by atoms with E-state index in [2.05, 4.69) is 15.1 Å². The summed E-state index contributed by atoms with van der Waals surface area (Å²) in [6, 6.07) is 0. The van der Waals surface area contributed by atoms with Crippen LogP contribution in [0.5, 0.6) is 0 Å². The van der Waals surface area contributed by atoms with E-state index in [1.54, 1.807) is 11.8 Å². The second-order valence-electron chi connectivity index (χ2n) is 8.05. The normalized spacial score (nSPS) is 18.8. The van der Waals surface area contributed by atoms with Gasteiger partial charge in [0.2, 0.25) is 5.91 Å². The number of alkyl halides is 3. The number of rotatable bonds is 4. The summed E-state index contributed by atoms with van der Waals surface area (Å²) in [5, 5.41) is 3.77. The van der Waals surface area contributed by atoms with Crippen molar-refractivity contribution in [1.29, 1.82) is 0 Å². The van der Waals surface area contributed by atoms with Crippen molar-refractivity contribution in [1.82, 2.24) is 24.6 Å². The SMILES string of the molecule is Cc1nc([C@@H]2CCN(C(=O)Cn3nc(C(F)(F)F)c4c3CCCC4)C2)ncc1C(N)=O. The van der Waals surface area contributed by atoms with Crippen LogP contribution >= 0.6 is 0 Å². The molecule has 11 heteroatoms. The molecular weight excluding hydrogens is 413 g/mol. The fraction of sp³-hybridized carbons (Fsp3) is 0.550. The van der Waals surface area contributed by atoms with Gasteiger partial charge in [-0.15, -0.1) is 0 Å². The van der Waals surface area contributed by atoms with Crippen LogP contribution in [0.4, 0.5) is 13.2 Å². The molecule has 2 N–H and O–H groups in total. The van der Waals surface area contributed by atoms with Gasteiger partial charge in [0.15, 0.2) is 5.69 Å². The number of primary amides is 1. The van der Waals surface area contributed by atoms with E-state index < -0.39 is 17.8 Å². The first-order chi connectivity index (χ1) is 14.6. The lowest BCUT2D eigenvalue weighted by Crippen LogP contribution is -2.33. The number of carbonyl (C=O) groups excluding carboxylic acids is 2. The summed E-state index contributed by atoms with van der Waals surface area (Å²) in [5.74, 6) is -0.471. The minimum Gasteiger partial charge on any atom is -0.365 e. The van der Waals surface area contributed by atoms with Crippen LogP contribution < -0.4 is 5.73 Å². The number of aromatic nitrogens is 4. The number of nitrogens with two attached hydrogens (primary N) is 1. The summed E-state index contributed by atoms with van der Waals surface area (Å²) in [6.07, 6.45) is -0.201. The maximum atomic E-state index is 13.4. The number of likely N-dealkylation sites (tertiary alicyclic amines) is 1. The first-order valence-electron chi connectivity index (χ1n) is 10.2. The fourth-order valence-electron chi connectivity index (χ4n) is 4.38. The van der Waals surface area contributed by atoms with Crippen LogP contribution in [0.15, 0.2) is 6.20 Å². The van der Waals surface area contributed by atoms with Crippen molar-refractivity contribution in [2.24, 2.45) is 5.73 Å². The van der Waals surface area contributed by atoms with Gasteiger partial charge in [0.1, 0.15) is 12.4 Å².